The number of hydrogen-bond acceptors (Lipinski definition) is 3. The summed E-state index contributed by atoms with van der Waals surface area (Å²) in [5, 5.41) is 5.72. The summed E-state index contributed by atoms with van der Waals surface area (Å²) in [6, 6.07) is 8.07. The number of carbonyl (C=O) groups excluding carboxylic acids is 1. The van der Waals surface area contributed by atoms with E-state index >= 15 is 0 Å². The number of aromatic nitrogens is 2. The Morgan fingerprint density at radius 2 is 2.29 bits per heavy atom. The highest BCUT2D eigenvalue weighted by Crippen LogP contribution is 2.25. The number of hydrogen-bond donors (Lipinski definition) is 2. The van der Waals surface area contributed by atoms with Crippen LogP contribution in [-0.2, 0) is 11.3 Å². The molecular formula is C15H20N4O2. The van der Waals surface area contributed by atoms with Crippen molar-refractivity contribution in [2.75, 3.05) is 13.2 Å². The molecule has 1 aliphatic heterocycles. The van der Waals surface area contributed by atoms with Gasteiger partial charge in [0.1, 0.15) is 12.4 Å². The topological polar surface area (TPSA) is 68.2 Å². The first kappa shape index (κ1) is 13.9. The molecule has 2 heterocycles. The highest BCUT2D eigenvalue weighted by atomic mass is 16.5. The number of rotatable bonds is 3. The highest BCUT2D eigenvalue weighted by molar-refractivity contribution is 5.76. The van der Waals surface area contributed by atoms with Crippen molar-refractivity contribution in [3.05, 3.63) is 30.1 Å². The van der Waals surface area contributed by atoms with E-state index in [-0.39, 0.29) is 18.1 Å². The van der Waals surface area contributed by atoms with E-state index in [0.29, 0.717) is 19.8 Å². The van der Waals surface area contributed by atoms with Crippen molar-refractivity contribution in [2.24, 2.45) is 0 Å². The van der Waals surface area contributed by atoms with E-state index in [1.807, 2.05) is 32.0 Å². The van der Waals surface area contributed by atoms with E-state index in [1.165, 1.54) is 0 Å². The maximum atomic E-state index is 11.7. The lowest BCUT2D eigenvalue weighted by molar-refractivity contribution is 0.0572. The smallest absolute Gasteiger partial charge is 0.315 e. The molecule has 0 radical (unpaired) electrons. The van der Waals surface area contributed by atoms with E-state index in [2.05, 4.69) is 26.3 Å². The number of fused-ring (bicyclic) bond motifs is 3. The zero-order valence-electron chi connectivity index (χ0n) is 12.3. The molecule has 1 aromatic heterocycles. The second kappa shape index (κ2) is 5.73. The molecule has 1 aliphatic rings. The molecule has 112 valence electrons. The first-order chi connectivity index (χ1) is 10.1. The first-order valence-corrected chi connectivity index (χ1v) is 7.23. The van der Waals surface area contributed by atoms with Crippen LogP contribution in [0.25, 0.3) is 11.0 Å². The quantitative estimate of drug-likeness (QED) is 0.905. The maximum Gasteiger partial charge on any atom is 0.315 e. The highest BCUT2D eigenvalue weighted by Gasteiger charge is 2.24. The molecule has 21 heavy (non-hydrogen) atoms. The SMILES string of the molecule is CC(C)NC(=O)NC[C@@H]1COCc2nc3ccccc3n21. The molecule has 1 aromatic carbocycles. The van der Waals surface area contributed by atoms with Crippen molar-refractivity contribution in [1.82, 2.24) is 20.2 Å². The summed E-state index contributed by atoms with van der Waals surface area (Å²) < 4.78 is 7.77. The van der Waals surface area contributed by atoms with Gasteiger partial charge in [0, 0.05) is 12.6 Å². The molecule has 0 aliphatic carbocycles. The van der Waals surface area contributed by atoms with Crippen molar-refractivity contribution in [3.8, 4) is 0 Å². The number of urea groups is 1. The lowest BCUT2D eigenvalue weighted by atomic mass is 10.2. The number of imidazole rings is 1. The van der Waals surface area contributed by atoms with E-state index in [0.717, 1.165) is 16.9 Å². The molecule has 2 N–H and O–H groups in total. The fourth-order valence-corrected chi connectivity index (χ4v) is 2.64. The van der Waals surface area contributed by atoms with Gasteiger partial charge in [0.05, 0.1) is 23.7 Å². The number of nitrogens with zero attached hydrogens (tertiary/aromatic N) is 2. The predicted octanol–water partition coefficient (Wildman–Crippen LogP) is 1.82. The first-order valence-electron chi connectivity index (χ1n) is 7.23. The Labute approximate surface area is 123 Å². The lowest BCUT2D eigenvalue weighted by Gasteiger charge is -2.26. The van der Waals surface area contributed by atoms with Crippen LogP contribution in [0.1, 0.15) is 25.7 Å². The number of benzene rings is 1. The van der Waals surface area contributed by atoms with Gasteiger partial charge in [0.25, 0.3) is 0 Å². The maximum absolute atomic E-state index is 11.7. The number of para-hydroxylation sites is 2. The Kier molecular flexibility index (Phi) is 3.79. The summed E-state index contributed by atoms with van der Waals surface area (Å²) in [5.74, 6) is 0.915. The van der Waals surface area contributed by atoms with Gasteiger partial charge >= 0.3 is 6.03 Å². The van der Waals surface area contributed by atoms with Crippen LogP contribution in [0.15, 0.2) is 24.3 Å². The lowest BCUT2D eigenvalue weighted by Crippen LogP contribution is -2.43. The molecule has 6 nitrogen and oxygen atoms in total. The van der Waals surface area contributed by atoms with Crippen molar-refractivity contribution in [1.29, 1.82) is 0 Å². The summed E-state index contributed by atoms with van der Waals surface area (Å²) in [7, 11) is 0. The third kappa shape index (κ3) is 2.85. The molecule has 0 spiro atoms. The Hall–Kier alpha value is -2.08. The van der Waals surface area contributed by atoms with E-state index in [4.69, 9.17) is 4.74 Å². The molecule has 0 saturated carbocycles. The fourth-order valence-electron chi connectivity index (χ4n) is 2.64. The van der Waals surface area contributed by atoms with Crippen LogP contribution >= 0.6 is 0 Å². The number of amides is 2. The van der Waals surface area contributed by atoms with Crippen molar-refractivity contribution in [3.63, 3.8) is 0 Å². The van der Waals surface area contributed by atoms with Gasteiger partial charge in [-0.1, -0.05) is 12.1 Å². The molecule has 0 bridgehead atoms. The van der Waals surface area contributed by atoms with Crippen LogP contribution in [0.2, 0.25) is 0 Å². The normalized spacial score (nSPS) is 17.8. The number of ether oxygens (including phenoxy) is 1. The van der Waals surface area contributed by atoms with Gasteiger partial charge in [-0.3, -0.25) is 0 Å². The Balaban J connectivity index is 1.79. The van der Waals surface area contributed by atoms with Gasteiger partial charge in [-0.15, -0.1) is 0 Å². The van der Waals surface area contributed by atoms with Crippen LogP contribution < -0.4 is 10.6 Å². The van der Waals surface area contributed by atoms with Crippen LogP contribution in [0, 0.1) is 0 Å². The molecule has 2 aromatic rings. The van der Waals surface area contributed by atoms with Crippen molar-refractivity contribution in [2.45, 2.75) is 32.5 Å². The van der Waals surface area contributed by atoms with Gasteiger partial charge in [-0.05, 0) is 26.0 Å². The Bertz CT molecular complexity index is 650. The summed E-state index contributed by atoms with van der Waals surface area (Å²) in [6.45, 7) is 5.49. The third-order valence-electron chi connectivity index (χ3n) is 3.49. The second-order valence-corrected chi connectivity index (χ2v) is 5.56. The monoisotopic (exact) mass is 288 g/mol. The third-order valence-corrected chi connectivity index (χ3v) is 3.49. The molecule has 0 saturated heterocycles. The molecule has 0 unspecified atom stereocenters. The van der Waals surface area contributed by atoms with Crippen LogP contribution in [-0.4, -0.2) is 34.8 Å². The standard InChI is InChI=1S/C15H20N4O2/c1-10(2)17-15(20)16-7-11-8-21-9-14-18-12-5-3-4-6-13(12)19(11)14/h3-6,10-11H,7-9H2,1-2H3,(H2,16,17,20)/t11-/m1/s1. The zero-order valence-corrected chi connectivity index (χ0v) is 12.3. The minimum atomic E-state index is -0.151. The molecular weight excluding hydrogens is 268 g/mol. The second-order valence-electron chi connectivity index (χ2n) is 5.56. The van der Waals surface area contributed by atoms with Gasteiger partial charge in [-0.25, -0.2) is 9.78 Å². The number of nitrogens with one attached hydrogen (secondary N) is 2. The van der Waals surface area contributed by atoms with Crippen molar-refractivity contribution >= 4 is 17.1 Å². The van der Waals surface area contributed by atoms with E-state index in [1.54, 1.807) is 0 Å². The summed E-state index contributed by atoms with van der Waals surface area (Å²) in [6.07, 6.45) is 0. The van der Waals surface area contributed by atoms with E-state index in [9.17, 15) is 4.79 Å². The fraction of sp³-hybridized carbons (Fsp3) is 0.467. The largest absolute Gasteiger partial charge is 0.371 e. The van der Waals surface area contributed by atoms with E-state index < -0.39 is 0 Å². The average molecular weight is 288 g/mol. The predicted molar refractivity (Wildman–Crippen MR) is 80.1 cm³/mol. The summed E-state index contributed by atoms with van der Waals surface area (Å²) >= 11 is 0. The van der Waals surface area contributed by atoms with Crippen molar-refractivity contribution < 1.29 is 9.53 Å². The van der Waals surface area contributed by atoms with Crippen LogP contribution in [0.4, 0.5) is 4.79 Å². The van der Waals surface area contributed by atoms with Gasteiger partial charge in [0.2, 0.25) is 0 Å². The molecule has 6 heteroatoms. The molecule has 0 fully saturated rings. The average Bonchev–Trinajstić information content (AvgIpc) is 2.83. The Morgan fingerprint density at radius 1 is 1.48 bits per heavy atom. The van der Waals surface area contributed by atoms with Crippen LogP contribution in [0.3, 0.4) is 0 Å². The molecule has 2 amide bonds. The van der Waals surface area contributed by atoms with Gasteiger partial charge in [-0.2, -0.15) is 0 Å². The molecule has 1 atom stereocenters. The minimum Gasteiger partial charge on any atom is -0.371 e. The molecule has 3 rings (SSSR count). The zero-order chi connectivity index (χ0) is 14.8. The summed E-state index contributed by atoms with van der Waals surface area (Å²) in [5.41, 5.74) is 2.06. The number of carbonyl (C=O) groups is 1. The minimum absolute atomic E-state index is 0.0686. The van der Waals surface area contributed by atoms with Gasteiger partial charge < -0.3 is 19.9 Å². The van der Waals surface area contributed by atoms with Gasteiger partial charge in [0.15, 0.2) is 0 Å². The Morgan fingerprint density at radius 3 is 3.10 bits per heavy atom. The van der Waals surface area contributed by atoms with Crippen LogP contribution in [0.5, 0.6) is 0 Å². The summed E-state index contributed by atoms with van der Waals surface area (Å²) in [4.78, 5) is 16.3.